The lowest BCUT2D eigenvalue weighted by atomic mass is 10.2. The Morgan fingerprint density at radius 2 is 1.79 bits per heavy atom. The predicted octanol–water partition coefficient (Wildman–Crippen LogP) is 1.62. The van der Waals surface area contributed by atoms with E-state index >= 15 is 0 Å². The van der Waals surface area contributed by atoms with Gasteiger partial charge in [-0.3, -0.25) is 14.9 Å². The number of non-ortho nitro benzene ring substituents is 1. The lowest BCUT2D eigenvalue weighted by Gasteiger charge is -2.22. The van der Waals surface area contributed by atoms with Crippen LogP contribution in [0, 0.1) is 10.1 Å². The smallest absolute Gasteiger partial charge is 0.269 e. The first kappa shape index (κ1) is 15.1. The zero-order valence-corrected chi connectivity index (χ0v) is 11.5. The molecule has 1 aromatic carbocycles. The molecule has 0 saturated carbocycles. The number of hydrogen-bond donors (Lipinski definition) is 0. The number of benzene rings is 1. The molecule has 0 radical (unpaired) electrons. The molecule has 0 bridgehead atoms. The highest BCUT2D eigenvalue weighted by molar-refractivity contribution is 5.94. The molecule has 0 aromatic heterocycles. The topological polar surface area (TPSA) is 66.7 Å². The van der Waals surface area contributed by atoms with Crippen LogP contribution in [0.25, 0.3) is 0 Å². The van der Waals surface area contributed by atoms with E-state index < -0.39 is 4.92 Å². The van der Waals surface area contributed by atoms with Gasteiger partial charge in [-0.05, 0) is 33.2 Å². The van der Waals surface area contributed by atoms with Crippen molar-refractivity contribution in [2.45, 2.75) is 6.92 Å². The van der Waals surface area contributed by atoms with Gasteiger partial charge in [-0.25, -0.2) is 0 Å². The highest BCUT2D eigenvalue weighted by Crippen LogP contribution is 2.13. The summed E-state index contributed by atoms with van der Waals surface area (Å²) in [5, 5.41) is 10.6. The summed E-state index contributed by atoms with van der Waals surface area (Å²) in [4.78, 5) is 26.0. The number of nitro groups is 1. The second kappa shape index (κ2) is 6.84. The first-order chi connectivity index (χ1) is 8.95. The number of hydrogen-bond acceptors (Lipinski definition) is 4. The van der Waals surface area contributed by atoms with Crippen LogP contribution in [0.15, 0.2) is 24.3 Å². The average molecular weight is 265 g/mol. The van der Waals surface area contributed by atoms with Crippen LogP contribution >= 0.6 is 0 Å². The maximum atomic E-state index is 12.2. The van der Waals surface area contributed by atoms with E-state index in [0.29, 0.717) is 18.7 Å². The zero-order valence-electron chi connectivity index (χ0n) is 11.5. The molecule has 6 heteroatoms. The molecular weight excluding hydrogens is 246 g/mol. The maximum absolute atomic E-state index is 12.2. The molecule has 1 aromatic rings. The Kier molecular flexibility index (Phi) is 5.44. The summed E-state index contributed by atoms with van der Waals surface area (Å²) in [5.41, 5.74) is 0.471. The molecule has 1 amide bonds. The Balaban J connectivity index is 2.76. The fourth-order valence-electron chi connectivity index (χ4n) is 1.63. The molecule has 0 aliphatic carbocycles. The lowest BCUT2D eigenvalue weighted by Crippen LogP contribution is -2.36. The minimum Gasteiger partial charge on any atom is -0.338 e. The summed E-state index contributed by atoms with van der Waals surface area (Å²) >= 11 is 0. The van der Waals surface area contributed by atoms with Crippen LogP contribution in [-0.4, -0.2) is 54.4 Å². The van der Waals surface area contributed by atoms with Crippen molar-refractivity contribution in [2.24, 2.45) is 0 Å². The van der Waals surface area contributed by atoms with Gasteiger partial charge in [0.2, 0.25) is 0 Å². The third-order valence-electron chi connectivity index (χ3n) is 2.81. The normalized spacial score (nSPS) is 10.5. The number of likely N-dealkylation sites (N-methyl/N-ethyl adjacent to an activating group) is 2. The van der Waals surface area contributed by atoms with Crippen LogP contribution in [-0.2, 0) is 0 Å². The molecule has 6 nitrogen and oxygen atoms in total. The summed E-state index contributed by atoms with van der Waals surface area (Å²) < 4.78 is 0. The molecule has 19 heavy (non-hydrogen) atoms. The van der Waals surface area contributed by atoms with Crippen molar-refractivity contribution in [1.29, 1.82) is 0 Å². The molecule has 104 valence electrons. The van der Waals surface area contributed by atoms with Gasteiger partial charge < -0.3 is 9.80 Å². The van der Waals surface area contributed by atoms with Gasteiger partial charge in [-0.1, -0.05) is 0 Å². The minimum atomic E-state index is -0.474. The number of carbonyl (C=O) groups excluding carboxylic acids is 1. The highest BCUT2D eigenvalue weighted by Gasteiger charge is 2.15. The average Bonchev–Trinajstić information content (AvgIpc) is 2.39. The van der Waals surface area contributed by atoms with Crippen LogP contribution in [0.1, 0.15) is 17.3 Å². The third-order valence-corrected chi connectivity index (χ3v) is 2.81. The van der Waals surface area contributed by atoms with Crippen molar-refractivity contribution < 1.29 is 9.72 Å². The SMILES string of the molecule is CCN(CCN(C)C)C(=O)c1ccc([N+](=O)[O-])cc1. The van der Waals surface area contributed by atoms with Gasteiger partial charge >= 0.3 is 0 Å². The van der Waals surface area contributed by atoms with E-state index in [2.05, 4.69) is 0 Å². The Bertz CT molecular complexity index is 443. The third kappa shape index (κ3) is 4.33. The van der Waals surface area contributed by atoms with E-state index in [1.807, 2.05) is 25.9 Å². The predicted molar refractivity (Wildman–Crippen MR) is 73.2 cm³/mol. The van der Waals surface area contributed by atoms with E-state index in [4.69, 9.17) is 0 Å². The van der Waals surface area contributed by atoms with Crippen LogP contribution < -0.4 is 0 Å². The molecule has 0 aliphatic heterocycles. The molecule has 0 fully saturated rings. The van der Waals surface area contributed by atoms with Crippen molar-refractivity contribution in [3.05, 3.63) is 39.9 Å². The van der Waals surface area contributed by atoms with Crippen LogP contribution in [0.2, 0.25) is 0 Å². The Hall–Kier alpha value is -1.95. The summed E-state index contributed by atoms with van der Waals surface area (Å²) in [7, 11) is 3.90. The van der Waals surface area contributed by atoms with Crippen molar-refractivity contribution in [3.63, 3.8) is 0 Å². The molecule has 0 unspecified atom stereocenters. The van der Waals surface area contributed by atoms with Crippen LogP contribution in [0.5, 0.6) is 0 Å². The van der Waals surface area contributed by atoms with E-state index in [9.17, 15) is 14.9 Å². The van der Waals surface area contributed by atoms with E-state index in [1.165, 1.54) is 24.3 Å². The van der Waals surface area contributed by atoms with Crippen molar-refractivity contribution in [2.75, 3.05) is 33.7 Å². The Morgan fingerprint density at radius 3 is 2.21 bits per heavy atom. The fraction of sp³-hybridized carbons (Fsp3) is 0.462. The standard InChI is InChI=1S/C13H19N3O3/c1-4-15(10-9-14(2)3)13(17)11-5-7-12(8-6-11)16(18)19/h5-8H,4,9-10H2,1-3H3. The molecule has 0 atom stereocenters. The lowest BCUT2D eigenvalue weighted by molar-refractivity contribution is -0.384. The monoisotopic (exact) mass is 265 g/mol. The van der Waals surface area contributed by atoms with Crippen molar-refractivity contribution >= 4 is 11.6 Å². The summed E-state index contributed by atoms with van der Waals surface area (Å²) in [6.45, 7) is 3.95. The number of nitrogens with zero attached hydrogens (tertiary/aromatic N) is 3. The molecule has 0 spiro atoms. The van der Waals surface area contributed by atoms with Gasteiger partial charge in [0, 0.05) is 37.3 Å². The largest absolute Gasteiger partial charge is 0.338 e. The van der Waals surface area contributed by atoms with Gasteiger partial charge in [0.15, 0.2) is 0 Å². The number of rotatable bonds is 6. The first-order valence-corrected chi connectivity index (χ1v) is 6.14. The molecular formula is C13H19N3O3. The zero-order chi connectivity index (χ0) is 14.4. The molecule has 0 saturated heterocycles. The highest BCUT2D eigenvalue weighted by atomic mass is 16.6. The first-order valence-electron chi connectivity index (χ1n) is 6.14. The number of amides is 1. The Labute approximate surface area is 112 Å². The molecule has 0 N–H and O–H groups in total. The van der Waals surface area contributed by atoms with Crippen LogP contribution in [0.4, 0.5) is 5.69 Å². The fourth-order valence-corrected chi connectivity index (χ4v) is 1.63. The maximum Gasteiger partial charge on any atom is 0.269 e. The van der Waals surface area contributed by atoms with Gasteiger partial charge in [-0.2, -0.15) is 0 Å². The molecule has 1 rings (SSSR count). The van der Waals surface area contributed by atoms with Crippen molar-refractivity contribution in [1.82, 2.24) is 9.80 Å². The quantitative estimate of drug-likeness (QED) is 0.579. The van der Waals surface area contributed by atoms with Gasteiger partial charge in [0.1, 0.15) is 0 Å². The van der Waals surface area contributed by atoms with Gasteiger partial charge in [-0.15, -0.1) is 0 Å². The summed E-state index contributed by atoms with van der Waals surface area (Å²) in [5.74, 6) is -0.0979. The van der Waals surface area contributed by atoms with Gasteiger partial charge in [0.05, 0.1) is 4.92 Å². The summed E-state index contributed by atoms with van der Waals surface area (Å²) in [6, 6.07) is 5.71. The Morgan fingerprint density at radius 1 is 1.21 bits per heavy atom. The van der Waals surface area contributed by atoms with E-state index in [0.717, 1.165) is 6.54 Å². The summed E-state index contributed by atoms with van der Waals surface area (Å²) in [6.07, 6.45) is 0. The van der Waals surface area contributed by atoms with E-state index in [1.54, 1.807) is 4.90 Å². The molecule has 0 aliphatic rings. The van der Waals surface area contributed by atoms with E-state index in [-0.39, 0.29) is 11.6 Å². The van der Waals surface area contributed by atoms with Gasteiger partial charge in [0.25, 0.3) is 11.6 Å². The van der Waals surface area contributed by atoms with Crippen molar-refractivity contribution in [3.8, 4) is 0 Å². The number of nitro benzene ring substituents is 1. The molecule has 0 heterocycles. The second-order valence-electron chi connectivity index (χ2n) is 4.49. The number of carbonyl (C=O) groups is 1. The second-order valence-corrected chi connectivity index (χ2v) is 4.49. The van der Waals surface area contributed by atoms with Crippen LogP contribution in [0.3, 0.4) is 0 Å². The minimum absolute atomic E-state index is 0.00658.